The van der Waals surface area contributed by atoms with Crippen LogP contribution in [0, 0.1) is 12.8 Å². The third-order valence-electron chi connectivity index (χ3n) is 5.48. The summed E-state index contributed by atoms with van der Waals surface area (Å²) in [5.74, 6) is 0.132. The monoisotopic (exact) mass is 422 g/mol. The van der Waals surface area contributed by atoms with Crippen LogP contribution < -0.4 is 10.9 Å². The number of nitrogens with zero attached hydrogens (tertiary/aromatic N) is 3. The summed E-state index contributed by atoms with van der Waals surface area (Å²) in [6.07, 6.45) is 3.51. The average Bonchev–Trinajstić information content (AvgIpc) is 3.16. The van der Waals surface area contributed by atoms with Gasteiger partial charge in [-0.2, -0.15) is 0 Å². The molecule has 156 valence electrons. The van der Waals surface area contributed by atoms with Gasteiger partial charge in [0.05, 0.1) is 17.2 Å². The molecular formula is C23H26N4O2S. The Morgan fingerprint density at radius 3 is 2.57 bits per heavy atom. The number of carbonyl (C=O) groups excluding carboxylic acids is 1. The molecule has 6 nitrogen and oxygen atoms in total. The summed E-state index contributed by atoms with van der Waals surface area (Å²) < 4.78 is 1.66. The van der Waals surface area contributed by atoms with Gasteiger partial charge in [-0.3, -0.25) is 14.5 Å². The van der Waals surface area contributed by atoms with Gasteiger partial charge in [-0.25, -0.2) is 4.98 Å². The molecule has 3 heterocycles. The SMILES string of the molecule is Cc1nc(CN2CCC(C(=O)Nc3ccc(Cn4ccccc4=O)cc3)CC2)cs1. The number of carbonyl (C=O) groups is 1. The molecule has 7 heteroatoms. The number of benzene rings is 1. The van der Waals surface area contributed by atoms with Crippen molar-refractivity contribution in [2.75, 3.05) is 18.4 Å². The smallest absolute Gasteiger partial charge is 0.250 e. The van der Waals surface area contributed by atoms with E-state index in [0.717, 1.165) is 54.4 Å². The summed E-state index contributed by atoms with van der Waals surface area (Å²) in [6.45, 7) is 5.24. The fraction of sp³-hybridized carbons (Fsp3) is 0.348. The second-order valence-corrected chi connectivity index (χ2v) is 8.82. The van der Waals surface area contributed by atoms with Crippen molar-refractivity contribution in [2.24, 2.45) is 5.92 Å². The number of pyridine rings is 1. The number of rotatable bonds is 6. The number of hydrogen-bond donors (Lipinski definition) is 1. The molecule has 1 aliphatic heterocycles. The van der Waals surface area contributed by atoms with Gasteiger partial charge < -0.3 is 9.88 Å². The summed E-state index contributed by atoms with van der Waals surface area (Å²) >= 11 is 1.68. The maximum Gasteiger partial charge on any atom is 0.250 e. The van der Waals surface area contributed by atoms with E-state index in [1.54, 1.807) is 34.2 Å². The molecule has 0 spiro atoms. The van der Waals surface area contributed by atoms with E-state index in [9.17, 15) is 9.59 Å². The minimum atomic E-state index is -0.0221. The summed E-state index contributed by atoms with van der Waals surface area (Å²) in [5, 5.41) is 6.26. The lowest BCUT2D eigenvalue weighted by Crippen LogP contribution is -2.37. The Morgan fingerprint density at radius 2 is 1.90 bits per heavy atom. The zero-order valence-corrected chi connectivity index (χ0v) is 17.9. The first-order chi connectivity index (χ1) is 14.6. The second kappa shape index (κ2) is 9.36. The van der Waals surface area contributed by atoms with Crippen LogP contribution in [0.4, 0.5) is 5.69 Å². The molecule has 0 bridgehead atoms. The highest BCUT2D eigenvalue weighted by Crippen LogP contribution is 2.22. The normalized spacial score (nSPS) is 15.2. The number of anilines is 1. The van der Waals surface area contributed by atoms with Crippen LogP contribution in [0.15, 0.2) is 58.8 Å². The lowest BCUT2D eigenvalue weighted by molar-refractivity contribution is -0.121. The molecular weight excluding hydrogens is 396 g/mol. The molecule has 1 fully saturated rings. The van der Waals surface area contributed by atoms with E-state index in [-0.39, 0.29) is 17.4 Å². The topological polar surface area (TPSA) is 67.2 Å². The molecule has 0 saturated carbocycles. The molecule has 0 aliphatic carbocycles. The predicted molar refractivity (Wildman–Crippen MR) is 120 cm³/mol. The first-order valence-corrected chi connectivity index (χ1v) is 11.1. The first kappa shape index (κ1) is 20.5. The van der Waals surface area contributed by atoms with Crippen molar-refractivity contribution < 1.29 is 4.79 Å². The average molecular weight is 423 g/mol. The summed E-state index contributed by atoms with van der Waals surface area (Å²) in [4.78, 5) is 31.4. The van der Waals surface area contributed by atoms with Gasteiger partial charge in [0.15, 0.2) is 0 Å². The highest BCUT2D eigenvalue weighted by Gasteiger charge is 2.25. The lowest BCUT2D eigenvalue weighted by atomic mass is 9.95. The molecule has 0 radical (unpaired) electrons. The number of aryl methyl sites for hydroxylation is 1. The highest BCUT2D eigenvalue weighted by atomic mass is 32.1. The van der Waals surface area contributed by atoms with Crippen LogP contribution in [0.2, 0.25) is 0 Å². The third-order valence-corrected chi connectivity index (χ3v) is 6.31. The molecule has 3 aromatic rings. The standard InChI is InChI=1S/C23H26N4O2S/c1-17-24-21(16-30-17)15-26-12-9-19(10-13-26)23(29)25-20-7-5-18(6-8-20)14-27-11-3-2-4-22(27)28/h2-8,11,16,19H,9-10,12-15H2,1H3,(H,25,29). The molecule has 1 amide bonds. The van der Waals surface area contributed by atoms with Crippen LogP contribution in [-0.4, -0.2) is 33.4 Å². The molecule has 2 aromatic heterocycles. The number of thiazole rings is 1. The van der Waals surface area contributed by atoms with Crippen molar-refractivity contribution in [3.63, 3.8) is 0 Å². The Bertz CT molecular complexity index is 1050. The zero-order chi connectivity index (χ0) is 20.9. The highest BCUT2D eigenvalue weighted by molar-refractivity contribution is 7.09. The number of likely N-dealkylation sites (tertiary alicyclic amines) is 1. The Morgan fingerprint density at radius 1 is 1.13 bits per heavy atom. The number of piperidine rings is 1. The van der Waals surface area contributed by atoms with Crippen LogP contribution in [0.25, 0.3) is 0 Å². The molecule has 30 heavy (non-hydrogen) atoms. The van der Waals surface area contributed by atoms with Gasteiger partial charge in [-0.15, -0.1) is 11.3 Å². The molecule has 0 atom stereocenters. The van der Waals surface area contributed by atoms with Crippen LogP contribution in [0.5, 0.6) is 0 Å². The van der Waals surface area contributed by atoms with E-state index in [1.165, 1.54) is 0 Å². The lowest BCUT2D eigenvalue weighted by Gasteiger charge is -2.30. The van der Waals surface area contributed by atoms with E-state index in [4.69, 9.17) is 0 Å². The Labute approximate surface area is 180 Å². The quantitative estimate of drug-likeness (QED) is 0.660. The molecule has 1 aromatic carbocycles. The largest absolute Gasteiger partial charge is 0.326 e. The van der Waals surface area contributed by atoms with E-state index in [0.29, 0.717) is 6.54 Å². The van der Waals surface area contributed by atoms with Crippen molar-refractivity contribution in [1.29, 1.82) is 0 Å². The van der Waals surface area contributed by atoms with Gasteiger partial charge in [0, 0.05) is 35.8 Å². The van der Waals surface area contributed by atoms with E-state index in [2.05, 4.69) is 20.6 Å². The zero-order valence-electron chi connectivity index (χ0n) is 17.1. The van der Waals surface area contributed by atoms with Crippen LogP contribution in [0.3, 0.4) is 0 Å². The maximum absolute atomic E-state index is 12.7. The van der Waals surface area contributed by atoms with Gasteiger partial charge in [0.2, 0.25) is 5.91 Å². The van der Waals surface area contributed by atoms with Gasteiger partial charge in [-0.05, 0) is 56.6 Å². The summed E-state index contributed by atoms with van der Waals surface area (Å²) in [6, 6.07) is 12.8. The molecule has 4 rings (SSSR count). The van der Waals surface area contributed by atoms with Crippen molar-refractivity contribution in [3.05, 3.63) is 80.7 Å². The number of nitrogens with one attached hydrogen (secondary N) is 1. The fourth-order valence-corrected chi connectivity index (χ4v) is 4.39. The minimum absolute atomic E-state index is 0.0221. The Kier molecular flexibility index (Phi) is 6.40. The van der Waals surface area contributed by atoms with Crippen LogP contribution in [0.1, 0.15) is 29.1 Å². The first-order valence-electron chi connectivity index (χ1n) is 10.3. The van der Waals surface area contributed by atoms with Crippen LogP contribution >= 0.6 is 11.3 Å². The summed E-state index contributed by atoms with van der Waals surface area (Å²) in [5.41, 5.74) is 2.92. The van der Waals surface area contributed by atoms with Crippen molar-refractivity contribution in [2.45, 2.75) is 32.9 Å². The molecule has 1 saturated heterocycles. The van der Waals surface area contributed by atoms with Gasteiger partial charge in [-0.1, -0.05) is 18.2 Å². The van der Waals surface area contributed by atoms with E-state index in [1.807, 2.05) is 37.3 Å². The van der Waals surface area contributed by atoms with Crippen LogP contribution in [-0.2, 0) is 17.9 Å². The van der Waals surface area contributed by atoms with Gasteiger partial charge >= 0.3 is 0 Å². The van der Waals surface area contributed by atoms with Crippen molar-refractivity contribution >= 4 is 22.9 Å². The Hall–Kier alpha value is -2.77. The minimum Gasteiger partial charge on any atom is -0.326 e. The predicted octanol–water partition coefficient (Wildman–Crippen LogP) is 3.51. The molecule has 1 N–H and O–H groups in total. The number of amides is 1. The second-order valence-electron chi connectivity index (χ2n) is 7.76. The van der Waals surface area contributed by atoms with Crippen molar-refractivity contribution in [1.82, 2.24) is 14.5 Å². The number of hydrogen-bond acceptors (Lipinski definition) is 5. The summed E-state index contributed by atoms with van der Waals surface area (Å²) in [7, 11) is 0. The van der Waals surface area contributed by atoms with E-state index >= 15 is 0 Å². The molecule has 0 unspecified atom stereocenters. The number of aromatic nitrogens is 2. The third kappa shape index (κ3) is 5.23. The maximum atomic E-state index is 12.7. The van der Waals surface area contributed by atoms with Gasteiger partial charge in [0.1, 0.15) is 0 Å². The van der Waals surface area contributed by atoms with Gasteiger partial charge in [0.25, 0.3) is 5.56 Å². The van der Waals surface area contributed by atoms with E-state index < -0.39 is 0 Å². The Balaban J connectivity index is 1.27. The van der Waals surface area contributed by atoms with Crippen molar-refractivity contribution in [3.8, 4) is 0 Å². The fourth-order valence-electron chi connectivity index (χ4n) is 3.79. The molecule has 1 aliphatic rings.